The van der Waals surface area contributed by atoms with Crippen molar-refractivity contribution in [3.8, 4) is 0 Å². The van der Waals surface area contributed by atoms with Crippen LogP contribution in [0.25, 0.3) is 0 Å². The number of allylic oxidation sites excluding steroid dienone is 2. The fourth-order valence-corrected chi connectivity index (χ4v) is 0.812. The van der Waals surface area contributed by atoms with Crippen LogP contribution < -0.4 is 0 Å². The third-order valence-corrected chi connectivity index (χ3v) is 1.44. The second kappa shape index (κ2) is 4.84. The Morgan fingerprint density at radius 3 is 2.11 bits per heavy atom. The molecular formula is C5H6BrCl3. The summed E-state index contributed by atoms with van der Waals surface area (Å²) >= 11 is 19.5. The third-order valence-electron chi connectivity index (χ3n) is 0.605. The summed E-state index contributed by atoms with van der Waals surface area (Å²) in [5.74, 6) is 0. The average molecular weight is 252 g/mol. The largest absolute Gasteiger partial charge is 0.194 e. The van der Waals surface area contributed by atoms with Gasteiger partial charge in [0, 0.05) is 11.8 Å². The summed E-state index contributed by atoms with van der Waals surface area (Å²) in [5, 5.41) is 0.799. The highest BCUT2D eigenvalue weighted by molar-refractivity contribution is 9.09. The Balaban J connectivity index is 3.38. The number of halogens is 4. The first-order valence-corrected chi connectivity index (χ1v) is 4.59. The van der Waals surface area contributed by atoms with E-state index in [9.17, 15) is 0 Å². The third kappa shape index (κ3) is 9.09. The molecule has 0 aromatic heterocycles. The molecule has 0 spiro atoms. The van der Waals surface area contributed by atoms with Crippen molar-refractivity contribution in [2.75, 3.05) is 5.33 Å². The highest BCUT2D eigenvalue weighted by atomic mass is 79.9. The Bertz CT molecular complexity index is 94.9. The van der Waals surface area contributed by atoms with Crippen LogP contribution in [-0.2, 0) is 0 Å². The van der Waals surface area contributed by atoms with Gasteiger partial charge in [0.1, 0.15) is 0 Å². The quantitative estimate of drug-likeness (QED) is 0.519. The van der Waals surface area contributed by atoms with Crippen molar-refractivity contribution in [1.29, 1.82) is 0 Å². The predicted molar refractivity (Wildman–Crippen MR) is 47.8 cm³/mol. The van der Waals surface area contributed by atoms with Crippen LogP contribution in [0.2, 0.25) is 0 Å². The summed E-state index contributed by atoms with van der Waals surface area (Å²) in [6.45, 7) is 0. The van der Waals surface area contributed by atoms with Gasteiger partial charge in [0.2, 0.25) is 0 Å². The van der Waals surface area contributed by atoms with E-state index in [4.69, 9.17) is 34.8 Å². The Hall–Kier alpha value is 1.09. The van der Waals surface area contributed by atoms with Crippen molar-refractivity contribution in [3.63, 3.8) is 0 Å². The first kappa shape index (κ1) is 10.1. The molecule has 0 saturated carbocycles. The monoisotopic (exact) mass is 250 g/mol. The van der Waals surface area contributed by atoms with E-state index in [0.29, 0.717) is 6.42 Å². The maximum Gasteiger partial charge on any atom is 0.194 e. The summed E-state index contributed by atoms with van der Waals surface area (Å²) in [5.41, 5.74) is 0. The normalized spacial score (nSPS) is 12.9. The Morgan fingerprint density at radius 2 is 1.78 bits per heavy atom. The zero-order chi connectivity index (χ0) is 7.33. The molecule has 0 rings (SSSR count). The molecule has 0 atom stereocenters. The molecule has 0 unspecified atom stereocenters. The minimum atomic E-state index is -1.14. The van der Waals surface area contributed by atoms with Gasteiger partial charge >= 0.3 is 0 Å². The molecule has 0 bridgehead atoms. The Kier molecular flexibility index (Phi) is 5.42. The van der Waals surface area contributed by atoms with Crippen molar-refractivity contribution >= 4 is 50.7 Å². The van der Waals surface area contributed by atoms with E-state index >= 15 is 0 Å². The number of hydrogen-bond acceptors (Lipinski definition) is 0. The Morgan fingerprint density at radius 1 is 1.22 bits per heavy atom. The van der Waals surface area contributed by atoms with Crippen molar-refractivity contribution in [3.05, 3.63) is 12.2 Å². The van der Waals surface area contributed by atoms with E-state index in [1.807, 2.05) is 12.2 Å². The second-order valence-corrected chi connectivity index (χ2v) is 4.61. The van der Waals surface area contributed by atoms with Crippen LogP contribution in [0.4, 0.5) is 0 Å². The van der Waals surface area contributed by atoms with Crippen molar-refractivity contribution in [1.82, 2.24) is 0 Å². The van der Waals surface area contributed by atoms with E-state index in [1.54, 1.807) is 0 Å². The molecule has 0 aliphatic carbocycles. The van der Waals surface area contributed by atoms with Crippen molar-refractivity contribution in [2.45, 2.75) is 10.2 Å². The number of rotatable bonds is 2. The number of hydrogen-bond donors (Lipinski definition) is 0. The van der Waals surface area contributed by atoms with E-state index < -0.39 is 3.79 Å². The van der Waals surface area contributed by atoms with Gasteiger partial charge in [-0.2, -0.15) is 0 Å². The van der Waals surface area contributed by atoms with Gasteiger partial charge in [0.05, 0.1) is 0 Å². The standard InChI is InChI=1S/C5H6BrCl3/c6-4-2-1-3-5(7,8)9/h1-2H,3-4H2/b2-1+. The summed E-state index contributed by atoms with van der Waals surface area (Å²) in [6, 6.07) is 0. The van der Waals surface area contributed by atoms with Gasteiger partial charge < -0.3 is 0 Å². The predicted octanol–water partition coefficient (Wildman–Crippen LogP) is 3.70. The van der Waals surface area contributed by atoms with Crippen LogP contribution >= 0.6 is 50.7 Å². The lowest BCUT2D eigenvalue weighted by Crippen LogP contribution is -1.97. The van der Waals surface area contributed by atoms with E-state index in [0.717, 1.165) is 5.33 Å². The summed E-state index contributed by atoms with van der Waals surface area (Å²) in [4.78, 5) is 0. The Labute approximate surface area is 78.3 Å². The maximum absolute atomic E-state index is 5.43. The molecule has 54 valence electrons. The van der Waals surface area contributed by atoms with Gasteiger partial charge in [0.25, 0.3) is 0 Å². The van der Waals surface area contributed by atoms with Crippen LogP contribution in [-0.4, -0.2) is 9.12 Å². The SMILES string of the molecule is ClC(Cl)(Cl)C/C=C/CBr. The molecule has 0 fully saturated rings. The molecule has 0 N–H and O–H groups in total. The summed E-state index contributed by atoms with van der Waals surface area (Å²) < 4.78 is -1.14. The van der Waals surface area contributed by atoms with Gasteiger partial charge in [-0.25, -0.2) is 0 Å². The van der Waals surface area contributed by atoms with Crippen molar-refractivity contribution in [2.24, 2.45) is 0 Å². The summed E-state index contributed by atoms with van der Waals surface area (Å²) in [6.07, 6.45) is 4.17. The van der Waals surface area contributed by atoms with Gasteiger partial charge in [-0.1, -0.05) is 62.9 Å². The second-order valence-electron chi connectivity index (χ2n) is 1.45. The molecule has 0 aliphatic rings. The first-order valence-electron chi connectivity index (χ1n) is 2.34. The van der Waals surface area contributed by atoms with Crippen LogP contribution in [0.15, 0.2) is 12.2 Å². The van der Waals surface area contributed by atoms with Crippen LogP contribution in [0.1, 0.15) is 6.42 Å². The molecule has 0 nitrogen and oxygen atoms in total. The lowest BCUT2D eigenvalue weighted by Gasteiger charge is -2.04. The molecule has 0 radical (unpaired) electrons. The highest BCUT2D eigenvalue weighted by Crippen LogP contribution is 2.30. The fraction of sp³-hybridized carbons (Fsp3) is 0.600. The fourth-order valence-electron chi connectivity index (χ4n) is 0.280. The maximum atomic E-state index is 5.43. The molecule has 0 aliphatic heterocycles. The van der Waals surface area contributed by atoms with Gasteiger partial charge in [0.15, 0.2) is 3.79 Å². The lowest BCUT2D eigenvalue weighted by molar-refractivity contribution is 1.07. The minimum absolute atomic E-state index is 0.462. The van der Waals surface area contributed by atoms with Gasteiger partial charge in [-0.3, -0.25) is 0 Å². The van der Waals surface area contributed by atoms with Crippen LogP contribution in [0.5, 0.6) is 0 Å². The molecular weight excluding hydrogens is 246 g/mol. The van der Waals surface area contributed by atoms with Gasteiger partial charge in [-0.05, 0) is 0 Å². The van der Waals surface area contributed by atoms with E-state index in [1.165, 1.54) is 0 Å². The smallest absolute Gasteiger partial charge is 0.0883 e. The zero-order valence-corrected chi connectivity index (χ0v) is 8.43. The topological polar surface area (TPSA) is 0 Å². The first-order chi connectivity index (χ1) is 4.06. The molecule has 0 aromatic carbocycles. The van der Waals surface area contributed by atoms with E-state index in [-0.39, 0.29) is 0 Å². The van der Waals surface area contributed by atoms with Crippen molar-refractivity contribution < 1.29 is 0 Å². The molecule has 0 amide bonds. The van der Waals surface area contributed by atoms with Gasteiger partial charge in [-0.15, -0.1) is 0 Å². The molecule has 0 saturated heterocycles. The number of alkyl halides is 4. The lowest BCUT2D eigenvalue weighted by atomic mass is 10.4. The molecule has 0 heterocycles. The molecule has 9 heavy (non-hydrogen) atoms. The summed E-state index contributed by atoms with van der Waals surface area (Å²) in [7, 11) is 0. The molecule has 0 aromatic rings. The van der Waals surface area contributed by atoms with Crippen LogP contribution in [0, 0.1) is 0 Å². The van der Waals surface area contributed by atoms with E-state index in [2.05, 4.69) is 15.9 Å². The highest BCUT2D eigenvalue weighted by Gasteiger charge is 2.16. The molecule has 4 heteroatoms. The minimum Gasteiger partial charge on any atom is -0.0883 e. The zero-order valence-electron chi connectivity index (χ0n) is 4.58. The van der Waals surface area contributed by atoms with Crippen LogP contribution in [0.3, 0.4) is 0 Å². The average Bonchev–Trinajstić information content (AvgIpc) is 1.63.